The number of morpholine rings is 1. The van der Waals surface area contributed by atoms with Crippen molar-refractivity contribution in [3.63, 3.8) is 0 Å². The van der Waals surface area contributed by atoms with Crippen LogP contribution in [0, 0.1) is 0 Å². The second-order valence-electron chi connectivity index (χ2n) is 6.92. The van der Waals surface area contributed by atoms with E-state index in [1.165, 1.54) is 0 Å². The minimum absolute atomic E-state index is 0. The Balaban J connectivity index is 0.00000256. The Morgan fingerprint density at radius 2 is 1.90 bits per heavy atom. The summed E-state index contributed by atoms with van der Waals surface area (Å²) in [6, 6.07) is 13.4. The van der Waals surface area contributed by atoms with E-state index < -0.39 is 0 Å². The van der Waals surface area contributed by atoms with Crippen LogP contribution in [0.1, 0.15) is 23.0 Å². The van der Waals surface area contributed by atoms with Gasteiger partial charge >= 0.3 is 5.97 Å². The maximum atomic E-state index is 13.0. The first-order valence-corrected chi connectivity index (χ1v) is 10.5. The van der Waals surface area contributed by atoms with E-state index in [0.29, 0.717) is 35.2 Å². The number of nitrogens with zero attached hydrogens (tertiary/aromatic N) is 2. The standard InChI is InChI=1S/C22H23BrN2O4.ClH/c1-2-29-22(27)21-16-12-20(26)17(23)13-18(16)25(15-6-4-3-5-7-15)19(21)14-24-8-10-28-11-9-24;/h3-7,12-13,26H,2,8-11,14H2,1H3;1H/p-1. The Bertz CT molecular complexity index is 1030. The number of halogens is 2. The molecule has 1 aliphatic rings. The molecule has 1 aromatic heterocycles. The monoisotopic (exact) mass is 493 g/mol. The van der Waals surface area contributed by atoms with E-state index in [0.717, 1.165) is 30.0 Å². The zero-order chi connectivity index (χ0) is 20.4. The lowest BCUT2D eigenvalue weighted by atomic mass is 10.1. The number of carbonyl (C=O) groups is 1. The molecule has 1 aliphatic heterocycles. The van der Waals surface area contributed by atoms with E-state index in [-0.39, 0.29) is 30.7 Å². The molecule has 8 heteroatoms. The molecule has 6 nitrogen and oxygen atoms in total. The smallest absolute Gasteiger partial charge is 0.340 e. The van der Waals surface area contributed by atoms with Crippen LogP contribution in [0.5, 0.6) is 5.75 Å². The molecule has 0 unspecified atom stereocenters. The highest BCUT2D eigenvalue weighted by molar-refractivity contribution is 9.10. The molecule has 2 aromatic carbocycles. The topological polar surface area (TPSA) is 63.9 Å². The van der Waals surface area contributed by atoms with Gasteiger partial charge in [0.1, 0.15) is 5.75 Å². The van der Waals surface area contributed by atoms with Gasteiger partial charge in [-0.3, -0.25) is 4.90 Å². The second kappa shape index (κ2) is 9.83. The van der Waals surface area contributed by atoms with Crippen molar-refractivity contribution in [3.8, 4) is 11.4 Å². The number of esters is 1. The number of phenolic OH excluding ortho intramolecular Hbond substituents is 1. The molecule has 0 radical (unpaired) electrons. The van der Waals surface area contributed by atoms with E-state index >= 15 is 0 Å². The Morgan fingerprint density at radius 3 is 2.57 bits per heavy atom. The van der Waals surface area contributed by atoms with E-state index in [1.54, 1.807) is 13.0 Å². The molecule has 0 atom stereocenters. The largest absolute Gasteiger partial charge is 1.00 e. The van der Waals surface area contributed by atoms with E-state index in [2.05, 4.69) is 25.4 Å². The highest BCUT2D eigenvalue weighted by atomic mass is 79.9. The van der Waals surface area contributed by atoms with Gasteiger partial charge in [0, 0.05) is 30.7 Å². The van der Waals surface area contributed by atoms with Gasteiger partial charge in [0.25, 0.3) is 0 Å². The van der Waals surface area contributed by atoms with Crippen molar-refractivity contribution >= 4 is 32.8 Å². The lowest BCUT2D eigenvalue weighted by Gasteiger charge is -2.27. The minimum Gasteiger partial charge on any atom is -1.00 e. The highest BCUT2D eigenvalue weighted by Crippen LogP contribution is 2.37. The number of benzene rings is 2. The van der Waals surface area contributed by atoms with Gasteiger partial charge < -0.3 is 31.6 Å². The highest BCUT2D eigenvalue weighted by Gasteiger charge is 2.27. The zero-order valence-corrected chi connectivity index (χ0v) is 18.9. The summed E-state index contributed by atoms with van der Waals surface area (Å²) in [6.07, 6.45) is 0. The number of ether oxygens (including phenoxy) is 2. The average molecular weight is 495 g/mol. The molecule has 3 aromatic rings. The van der Waals surface area contributed by atoms with Crippen molar-refractivity contribution < 1.29 is 31.8 Å². The lowest BCUT2D eigenvalue weighted by molar-refractivity contribution is -0.0000282. The fourth-order valence-electron chi connectivity index (χ4n) is 3.77. The molecule has 0 bridgehead atoms. The Labute approximate surface area is 189 Å². The Hall–Kier alpha value is -2.06. The fraction of sp³-hybridized carbons (Fsp3) is 0.318. The maximum Gasteiger partial charge on any atom is 0.340 e. The van der Waals surface area contributed by atoms with Gasteiger partial charge in [-0.2, -0.15) is 0 Å². The molecule has 0 spiro atoms. The third-order valence-electron chi connectivity index (χ3n) is 5.10. The molecular formula is C22H23BrClN2O4-. The molecule has 30 heavy (non-hydrogen) atoms. The molecule has 4 rings (SSSR count). The van der Waals surface area contributed by atoms with Crippen molar-refractivity contribution in [2.75, 3.05) is 32.9 Å². The van der Waals surface area contributed by atoms with Gasteiger partial charge in [-0.1, -0.05) is 18.2 Å². The van der Waals surface area contributed by atoms with Crippen LogP contribution in [0.25, 0.3) is 16.6 Å². The third kappa shape index (κ3) is 4.34. The van der Waals surface area contributed by atoms with Gasteiger partial charge in [-0.25, -0.2) is 4.79 Å². The van der Waals surface area contributed by atoms with Gasteiger partial charge in [0.2, 0.25) is 0 Å². The summed E-state index contributed by atoms with van der Waals surface area (Å²) < 4.78 is 13.5. The van der Waals surface area contributed by atoms with Crippen molar-refractivity contribution in [1.29, 1.82) is 0 Å². The summed E-state index contributed by atoms with van der Waals surface area (Å²) in [5.74, 6) is -0.289. The first-order valence-electron chi connectivity index (χ1n) is 9.68. The van der Waals surface area contributed by atoms with Crippen LogP contribution < -0.4 is 12.4 Å². The molecule has 1 saturated heterocycles. The minimum atomic E-state index is -0.378. The van der Waals surface area contributed by atoms with Crippen LogP contribution in [-0.2, 0) is 16.0 Å². The summed E-state index contributed by atoms with van der Waals surface area (Å²) >= 11 is 3.42. The first kappa shape index (κ1) is 22.6. The summed E-state index contributed by atoms with van der Waals surface area (Å²) in [5.41, 5.74) is 3.14. The van der Waals surface area contributed by atoms with Crippen molar-refractivity contribution in [3.05, 3.63) is 58.2 Å². The summed E-state index contributed by atoms with van der Waals surface area (Å²) in [7, 11) is 0. The van der Waals surface area contributed by atoms with Crippen LogP contribution in [0.4, 0.5) is 0 Å². The Kier molecular flexibility index (Phi) is 7.41. The molecule has 2 heterocycles. The number of para-hydroxylation sites is 1. The van der Waals surface area contributed by atoms with Crippen LogP contribution in [0.15, 0.2) is 46.9 Å². The normalized spacial score (nSPS) is 14.5. The third-order valence-corrected chi connectivity index (χ3v) is 5.74. The predicted molar refractivity (Wildman–Crippen MR) is 115 cm³/mol. The predicted octanol–water partition coefficient (Wildman–Crippen LogP) is 1.11. The summed E-state index contributed by atoms with van der Waals surface area (Å²) in [6.45, 7) is 5.61. The number of carbonyl (C=O) groups excluding carboxylic acids is 1. The number of fused-ring (bicyclic) bond motifs is 1. The quantitative estimate of drug-likeness (QED) is 0.539. The number of hydrogen-bond donors (Lipinski definition) is 1. The van der Waals surface area contributed by atoms with Crippen molar-refractivity contribution in [2.45, 2.75) is 13.5 Å². The van der Waals surface area contributed by atoms with Crippen molar-refractivity contribution in [1.82, 2.24) is 9.47 Å². The van der Waals surface area contributed by atoms with Crippen LogP contribution >= 0.6 is 15.9 Å². The van der Waals surface area contributed by atoms with E-state index in [9.17, 15) is 9.90 Å². The summed E-state index contributed by atoms with van der Waals surface area (Å²) in [4.78, 5) is 15.3. The number of hydrogen-bond acceptors (Lipinski definition) is 5. The molecule has 0 amide bonds. The van der Waals surface area contributed by atoms with Crippen LogP contribution in [-0.4, -0.2) is 53.5 Å². The number of aromatic nitrogens is 1. The molecule has 0 saturated carbocycles. The lowest BCUT2D eigenvalue weighted by Crippen LogP contribution is -3.00. The van der Waals surface area contributed by atoms with Gasteiger partial charge in [-0.15, -0.1) is 0 Å². The molecular weight excluding hydrogens is 472 g/mol. The first-order chi connectivity index (χ1) is 14.1. The Morgan fingerprint density at radius 1 is 1.20 bits per heavy atom. The number of phenols is 1. The SMILES string of the molecule is CCOC(=O)c1c(CN2CCOCC2)n(-c2ccccc2)c2cc(Br)c(O)cc12.[Cl-]. The molecule has 1 N–H and O–H groups in total. The van der Waals surface area contributed by atoms with Crippen molar-refractivity contribution in [2.24, 2.45) is 0 Å². The summed E-state index contributed by atoms with van der Waals surface area (Å²) in [5, 5.41) is 11.0. The number of aromatic hydroxyl groups is 1. The molecule has 1 fully saturated rings. The van der Waals surface area contributed by atoms with Crippen LogP contribution in [0.3, 0.4) is 0 Å². The maximum absolute atomic E-state index is 13.0. The van der Waals surface area contributed by atoms with Gasteiger partial charge in [0.15, 0.2) is 0 Å². The average Bonchev–Trinajstić information content (AvgIpc) is 3.02. The van der Waals surface area contributed by atoms with Gasteiger partial charge in [-0.05, 0) is 47.1 Å². The molecule has 160 valence electrons. The van der Waals surface area contributed by atoms with E-state index in [4.69, 9.17) is 9.47 Å². The zero-order valence-electron chi connectivity index (χ0n) is 16.6. The second-order valence-corrected chi connectivity index (χ2v) is 7.78. The number of rotatable bonds is 5. The van der Waals surface area contributed by atoms with E-state index in [1.807, 2.05) is 36.4 Å². The van der Waals surface area contributed by atoms with Crippen LogP contribution in [0.2, 0.25) is 0 Å². The molecule has 0 aliphatic carbocycles. The fourth-order valence-corrected chi connectivity index (χ4v) is 4.10. The van der Waals surface area contributed by atoms with Gasteiger partial charge in [0.05, 0.1) is 41.1 Å².